The first-order valence-corrected chi connectivity index (χ1v) is 5.49. The van der Waals surface area contributed by atoms with Crippen LogP contribution in [0.25, 0.3) is 0 Å². The molecule has 0 amide bonds. The van der Waals surface area contributed by atoms with Crippen molar-refractivity contribution in [2.24, 2.45) is 0 Å². The molecule has 1 aliphatic carbocycles. The fourth-order valence-corrected chi connectivity index (χ4v) is 2.01. The van der Waals surface area contributed by atoms with Crippen molar-refractivity contribution in [3.63, 3.8) is 0 Å². The molecule has 0 fully saturated rings. The van der Waals surface area contributed by atoms with E-state index in [0.717, 1.165) is 24.8 Å². The van der Waals surface area contributed by atoms with Crippen LogP contribution in [0.5, 0.6) is 0 Å². The lowest BCUT2D eigenvalue weighted by atomic mass is 9.93. The number of ketones is 1. The summed E-state index contributed by atoms with van der Waals surface area (Å²) >= 11 is 0. The van der Waals surface area contributed by atoms with Gasteiger partial charge in [0, 0.05) is 6.42 Å². The minimum Gasteiger partial charge on any atom is -0.295 e. The van der Waals surface area contributed by atoms with E-state index in [-0.39, 0.29) is 5.78 Å². The molecular weight excluding hydrogens is 198 g/mol. The second-order valence-electron chi connectivity index (χ2n) is 4.11. The highest BCUT2D eigenvalue weighted by Crippen LogP contribution is 2.19. The van der Waals surface area contributed by atoms with Gasteiger partial charge >= 0.3 is 0 Å². The van der Waals surface area contributed by atoms with Crippen LogP contribution >= 0.6 is 0 Å². The van der Waals surface area contributed by atoms with Crippen molar-refractivity contribution >= 4 is 5.78 Å². The van der Waals surface area contributed by atoms with Crippen molar-refractivity contribution in [2.45, 2.75) is 25.7 Å². The number of rotatable bonds is 2. The summed E-state index contributed by atoms with van der Waals surface area (Å²) < 4.78 is 0. The molecule has 16 heavy (non-hydrogen) atoms. The van der Waals surface area contributed by atoms with Gasteiger partial charge in [0.05, 0.1) is 11.6 Å². The van der Waals surface area contributed by atoms with Gasteiger partial charge in [0.1, 0.15) is 0 Å². The van der Waals surface area contributed by atoms with E-state index in [0.29, 0.717) is 12.0 Å². The molecule has 0 atom stereocenters. The van der Waals surface area contributed by atoms with Crippen LogP contribution in [-0.4, -0.2) is 5.78 Å². The van der Waals surface area contributed by atoms with Crippen LogP contribution in [0, 0.1) is 11.3 Å². The molecule has 0 radical (unpaired) electrons. The minimum atomic E-state index is 0.234. The van der Waals surface area contributed by atoms with E-state index in [1.54, 1.807) is 12.1 Å². The second kappa shape index (κ2) is 4.76. The highest BCUT2D eigenvalue weighted by Gasteiger charge is 2.10. The van der Waals surface area contributed by atoms with Crippen LogP contribution < -0.4 is 0 Å². The molecule has 2 rings (SSSR count). The topological polar surface area (TPSA) is 40.9 Å². The van der Waals surface area contributed by atoms with Gasteiger partial charge < -0.3 is 0 Å². The Morgan fingerprint density at radius 2 is 2.19 bits per heavy atom. The first kappa shape index (κ1) is 10.6. The minimum absolute atomic E-state index is 0.234. The molecule has 1 aliphatic rings. The summed E-state index contributed by atoms with van der Waals surface area (Å²) in [4.78, 5) is 11.3. The summed E-state index contributed by atoms with van der Waals surface area (Å²) in [6, 6.07) is 9.70. The highest BCUT2D eigenvalue weighted by molar-refractivity contribution is 5.91. The molecule has 0 saturated carbocycles. The molecule has 2 heteroatoms. The molecule has 0 aliphatic heterocycles. The fourth-order valence-electron chi connectivity index (χ4n) is 2.01. The van der Waals surface area contributed by atoms with Crippen LogP contribution in [0.3, 0.4) is 0 Å². The molecule has 0 heterocycles. The summed E-state index contributed by atoms with van der Waals surface area (Å²) in [6.07, 6.45) is 5.21. The average molecular weight is 211 g/mol. The summed E-state index contributed by atoms with van der Waals surface area (Å²) in [5.74, 6) is 0.234. The lowest BCUT2D eigenvalue weighted by molar-refractivity contribution is -0.115. The molecule has 0 unspecified atom stereocenters. The van der Waals surface area contributed by atoms with Gasteiger partial charge in [-0.3, -0.25) is 4.79 Å². The third-order valence-electron chi connectivity index (χ3n) is 2.77. The summed E-state index contributed by atoms with van der Waals surface area (Å²) in [5.41, 5.74) is 2.98. The fraction of sp³-hybridized carbons (Fsp3) is 0.286. The van der Waals surface area contributed by atoms with Gasteiger partial charge in [-0.15, -0.1) is 0 Å². The summed E-state index contributed by atoms with van der Waals surface area (Å²) in [6.45, 7) is 0. The molecule has 2 nitrogen and oxygen atoms in total. The van der Waals surface area contributed by atoms with Gasteiger partial charge in [0.25, 0.3) is 0 Å². The maximum absolute atomic E-state index is 11.3. The number of hydrogen-bond donors (Lipinski definition) is 0. The van der Waals surface area contributed by atoms with Crippen molar-refractivity contribution < 1.29 is 4.79 Å². The lowest BCUT2D eigenvalue weighted by Crippen LogP contribution is -2.04. The normalized spacial score (nSPS) is 15.4. The van der Waals surface area contributed by atoms with Crippen molar-refractivity contribution in [1.29, 1.82) is 5.26 Å². The first-order valence-electron chi connectivity index (χ1n) is 5.49. The number of carbonyl (C=O) groups excluding carboxylic acids is 1. The van der Waals surface area contributed by atoms with E-state index in [4.69, 9.17) is 5.26 Å². The van der Waals surface area contributed by atoms with Gasteiger partial charge in [-0.05, 0) is 43.0 Å². The summed E-state index contributed by atoms with van der Waals surface area (Å²) in [5, 5.41) is 8.79. The molecule has 1 aromatic rings. The molecule has 0 aromatic heterocycles. The zero-order valence-corrected chi connectivity index (χ0v) is 9.07. The highest BCUT2D eigenvalue weighted by atomic mass is 16.1. The van der Waals surface area contributed by atoms with E-state index < -0.39 is 0 Å². The number of hydrogen-bond acceptors (Lipinski definition) is 2. The standard InChI is InChI=1S/C14H13NO/c15-10-13-5-1-3-11(8-13)7-12-4-2-6-14(16)9-12/h1,3,5,8-9H,2,4,6-7H2. The first-order chi connectivity index (χ1) is 7.78. The van der Waals surface area contributed by atoms with E-state index in [9.17, 15) is 4.79 Å². The predicted molar refractivity (Wildman–Crippen MR) is 61.8 cm³/mol. The Kier molecular flexibility index (Phi) is 3.16. The molecule has 0 spiro atoms. The molecule has 1 aromatic carbocycles. The maximum atomic E-state index is 11.3. The van der Waals surface area contributed by atoms with Crippen LogP contribution in [-0.2, 0) is 11.2 Å². The van der Waals surface area contributed by atoms with Crippen molar-refractivity contribution in [3.8, 4) is 6.07 Å². The smallest absolute Gasteiger partial charge is 0.155 e. The quantitative estimate of drug-likeness (QED) is 0.754. The molecule has 0 saturated heterocycles. The number of allylic oxidation sites excluding steroid dienone is 2. The Morgan fingerprint density at radius 3 is 2.94 bits per heavy atom. The van der Waals surface area contributed by atoms with E-state index >= 15 is 0 Å². The van der Waals surface area contributed by atoms with Crippen LogP contribution in [0.2, 0.25) is 0 Å². The Bertz CT molecular complexity index is 480. The molecule has 80 valence electrons. The van der Waals surface area contributed by atoms with E-state index in [1.165, 1.54) is 5.57 Å². The number of nitrogens with zero attached hydrogens (tertiary/aromatic N) is 1. The van der Waals surface area contributed by atoms with Gasteiger partial charge in [-0.25, -0.2) is 0 Å². The van der Waals surface area contributed by atoms with Crippen molar-refractivity contribution in [1.82, 2.24) is 0 Å². The predicted octanol–water partition coefficient (Wildman–Crippen LogP) is 2.78. The number of nitriles is 1. The molecular formula is C14H13NO. The Morgan fingerprint density at radius 1 is 1.31 bits per heavy atom. The zero-order valence-electron chi connectivity index (χ0n) is 9.07. The van der Waals surface area contributed by atoms with Gasteiger partial charge in [0.15, 0.2) is 5.78 Å². The summed E-state index contributed by atoms with van der Waals surface area (Å²) in [7, 11) is 0. The third-order valence-corrected chi connectivity index (χ3v) is 2.77. The molecule has 0 bridgehead atoms. The van der Waals surface area contributed by atoms with Gasteiger partial charge in [-0.2, -0.15) is 5.26 Å². The Labute approximate surface area is 95.2 Å². The SMILES string of the molecule is N#Cc1cccc(CC2=CC(=O)CCC2)c1. The lowest BCUT2D eigenvalue weighted by Gasteiger charge is -2.11. The van der Waals surface area contributed by atoms with Crippen LogP contribution in [0.1, 0.15) is 30.4 Å². The van der Waals surface area contributed by atoms with E-state index in [2.05, 4.69) is 6.07 Å². The van der Waals surface area contributed by atoms with Crippen molar-refractivity contribution in [3.05, 3.63) is 47.0 Å². The van der Waals surface area contributed by atoms with Crippen LogP contribution in [0.4, 0.5) is 0 Å². The molecule has 0 N–H and O–H groups in total. The number of carbonyl (C=O) groups is 1. The Balaban J connectivity index is 2.15. The second-order valence-corrected chi connectivity index (χ2v) is 4.11. The maximum Gasteiger partial charge on any atom is 0.155 e. The monoisotopic (exact) mass is 211 g/mol. The van der Waals surface area contributed by atoms with Crippen molar-refractivity contribution in [2.75, 3.05) is 0 Å². The van der Waals surface area contributed by atoms with Gasteiger partial charge in [0.2, 0.25) is 0 Å². The zero-order chi connectivity index (χ0) is 11.4. The largest absolute Gasteiger partial charge is 0.295 e. The van der Waals surface area contributed by atoms with Crippen LogP contribution in [0.15, 0.2) is 35.9 Å². The van der Waals surface area contributed by atoms with Gasteiger partial charge in [-0.1, -0.05) is 17.7 Å². The van der Waals surface area contributed by atoms with E-state index in [1.807, 2.05) is 18.2 Å². The third kappa shape index (κ3) is 2.58. The number of benzene rings is 1. The Hall–Kier alpha value is -1.88. The average Bonchev–Trinajstić information content (AvgIpc) is 2.29.